The van der Waals surface area contributed by atoms with Gasteiger partial charge in [0.1, 0.15) is 23.0 Å². The molecule has 2 rings (SSSR count). The zero-order valence-electron chi connectivity index (χ0n) is 14.9. The summed E-state index contributed by atoms with van der Waals surface area (Å²) < 4.78 is 20.9. The minimum absolute atomic E-state index is 0.0887. The first-order valence-corrected chi connectivity index (χ1v) is 7.84. The van der Waals surface area contributed by atoms with Gasteiger partial charge in [-0.05, 0) is 24.3 Å². The number of methoxy groups -OCH3 is 4. The zero-order valence-corrected chi connectivity index (χ0v) is 14.9. The molecular formula is C19H24O6. The minimum atomic E-state index is -0.914. The van der Waals surface area contributed by atoms with E-state index in [1.165, 1.54) is 14.2 Å². The highest BCUT2D eigenvalue weighted by Gasteiger charge is 2.22. The quantitative estimate of drug-likeness (QED) is 0.764. The molecule has 0 saturated carbocycles. The first kappa shape index (κ1) is 18.9. The van der Waals surface area contributed by atoms with Gasteiger partial charge in [-0.2, -0.15) is 0 Å². The summed E-state index contributed by atoms with van der Waals surface area (Å²) in [6.45, 7) is 0. The Kier molecular flexibility index (Phi) is 6.50. The summed E-state index contributed by atoms with van der Waals surface area (Å²) in [5.74, 6) is 2.26. The molecule has 2 aromatic carbocycles. The fourth-order valence-electron chi connectivity index (χ4n) is 2.65. The van der Waals surface area contributed by atoms with E-state index < -0.39 is 12.2 Å². The summed E-state index contributed by atoms with van der Waals surface area (Å²) in [6, 6.07) is 10.3. The van der Waals surface area contributed by atoms with Crippen molar-refractivity contribution in [3.05, 3.63) is 47.5 Å². The Morgan fingerprint density at radius 3 is 1.40 bits per heavy atom. The average molecular weight is 348 g/mol. The van der Waals surface area contributed by atoms with Crippen molar-refractivity contribution < 1.29 is 29.2 Å². The summed E-state index contributed by atoms with van der Waals surface area (Å²) in [4.78, 5) is 0. The molecule has 0 fully saturated rings. The highest BCUT2D eigenvalue weighted by molar-refractivity contribution is 5.44. The smallest absolute Gasteiger partial charge is 0.128 e. The first-order chi connectivity index (χ1) is 12.0. The van der Waals surface area contributed by atoms with E-state index in [0.717, 1.165) is 0 Å². The van der Waals surface area contributed by atoms with Crippen LogP contribution in [0.25, 0.3) is 0 Å². The lowest BCUT2D eigenvalue weighted by molar-refractivity contribution is 0.0774. The second-order valence-corrected chi connectivity index (χ2v) is 5.48. The maximum atomic E-state index is 10.5. The van der Waals surface area contributed by atoms with E-state index >= 15 is 0 Å². The van der Waals surface area contributed by atoms with Crippen LogP contribution in [-0.4, -0.2) is 38.7 Å². The standard InChI is InChI=1S/C19H24O6/c1-22-12-5-7-14(18(9-12)24-3)16(20)11-17(21)15-8-6-13(23-2)10-19(15)25-4/h5-10,16-17,20-21H,11H2,1-4H3. The molecule has 0 bridgehead atoms. The van der Waals surface area contributed by atoms with Crippen molar-refractivity contribution in [1.82, 2.24) is 0 Å². The van der Waals surface area contributed by atoms with Gasteiger partial charge in [0.25, 0.3) is 0 Å². The summed E-state index contributed by atoms with van der Waals surface area (Å²) in [7, 11) is 6.16. The van der Waals surface area contributed by atoms with Gasteiger partial charge in [0, 0.05) is 29.7 Å². The predicted octanol–water partition coefficient (Wildman–Crippen LogP) is 2.88. The molecule has 0 heterocycles. The third-order valence-corrected chi connectivity index (χ3v) is 4.05. The Morgan fingerprint density at radius 2 is 1.08 bits per heavy atom. The van der Waals surface area contributed by atoms with E-state index in [9.17, 15) is 10.2 Å². The van der Waals surface area contributed by atoms with Gasteiger partial charge in [0.05, 0.1) is 40.6 Å². The summed E-state index contributed by atoms with van der Waals surface area (Å²) in [6.07, 6.45) is -1.74. The van der Waals surface area contributed by atoms with Crippen molar-refractivity contribution in [2.45, 2.75) is 18.6 Å². The fraction of sp³-hybridized carbons (Fsp3) is 0.368. The molecule has 25 heavy (non-hydrogen) atoms. The molecule has 2 atom stereocenters. The lowest BCUT2D eigenvalue weighted by Crippen LogP contribution is -2.08. The van der Waals surface area contributed by atoms with Crippen molar-refractivity contribution in [2.75, 3.05) is 28.4 Å². The van der Waals surface area contributed by atoms with Crippen molar-refractivity contribution in [1.29, 1.82) is 0 Å². The van der Waals surface area contributed by atoms with Crippen molar-refractivity contribution in [3.63, 3.8) is 0 Å². The number of rotatable bonds is 8. The van der Waals surface area contributed by atoms with Gasteiger partial charge >= 0.3 is 0 Å². The van der Waals surface area contributed by atoms with Crippen LogP contribution in [0, 0.1) is 0 Å². The van der Waals surface area contributed by atoms with E-state index in [0.29, 0.717) is 34.1 Å². The highest BCUT2D eigenvalue weighted by atomic mass is 16.5. The van der Waals surface area contributed by atoms with E-state index in [4.69, 9.17) is 18.9 Å². The van der Waals surface area contributed by atoms with E-state index in [1.807, 2.05) is 0 Å². The number of ether oxygens (including phenoxy) is 4. The Labute approximate surface area is 147 Å². The Bertz CT molecular complexity index is 641. The van der Waals surface area contributed by atoms with Crippen molar-refractivity contribution >= 4 is 0 Å². The maximum absolute atomic E-state index is 10.5. The molecule has 0 aliphatic heterocycles. The van der Waals surface area contributed by atoms with Crippen LogP contribution in [0.5, 0.6) is 23.0 Å². The molecule has 2 N–H and O–H groups in total. The minimum Gasteiger partial charge on any atom is -0.497 e. The van der Waals surface area contributed by atoms with Gasteiger partial charge < -0.3 is 29.2 Å². The number of hydrogen-bond donors (Lipinski definition) is 2. The summed E-state index contributed by atoms with van der Waals surface area (Å²) in [5, 5.41) is 21.1. The molecular weight excluding hydrogens is 324 g/mol. The van der Waals surface area contributed by atoms with Crippen molar-refractivity contribution in [2.24, 2.45) is 0 Å². The largest absolute Gasteiger partial charge is 0.497 e. The maximum Gasteiger partial charge on any atom is 0.128 e. The molecule has 0 radical (unpaired) electrons. The Hall–Kier alpha value is -2.44. The first-order valence-electron chi connectivity index (χ1n) is 7.84. The molecule has 0 amide bonds. The van der Waals surface area contributed by atoms with Gasteiger partial charge in [-0.3, -0.25) is 0 Å². The molecule has 0 aliphatic rings. The molecule has 6 nitrogen and oxygen atoms in total. The zero-order chi connectivity index (χ0) is 18.4. The van der Waals surface area contributed by atoms with Gasteiger partial charge in [0.2, 0.25) is 0 Å². The van der Waals surface area contributed by atoms with Crippen LogP contribution < -0.4 is 18.9 Å². The van der Waals surface area contributed by atoms with Crippen LogP contribution in [0.4, 0.5) is 0 Å². The van der Waals surface area contributed by atoms with Crippen LogP contribution in [0.3, 0.4) is 0 Å². The SMILES string of the molecule is COc1ccc(C(O)CC(O)c2ccc(OC)cc2OC)c(OC)c1. The summed E-state index contributed by atoms with van der Waals surface area (Å²) in [5.41, 5.74) is 1.16. The molecule has 0 saturated heterocycles. The van der Waals surface area contributed by atoms with Gasteiger partial charge in [-0.25, -0.2) is 0 Å². The normalized spacial score (nSPS) is 13.0. The predicted molar refractivity (Wildman–Crippen MR) is 93.6 cm³/mol. The molecule has 2 unspecified atom stereocenters. The second kappa shape index (κ2) is 8.60. The van der Waals surface area contributed by atoms with E-state index in [-0.39, 0.29) is 6.42 Å². The molecule has 0 spiro atoms. The number of hydrogen-bond acceptors (Lipinski definition) is 6. The number of aliphatic hydroxyl groups excluding tert-OH is 2. The van der Waals surface area contributed by atoms with E-state index in [2.05, 4.69) is 0 Å². The topological polar surface area (TPSA) is 77.4 Å². The van der Waals surface area contributed by atoms with Gasteiger partial charge in [0.15, 0.2) is 0 Å². The van der Waals surface area contributed by atoms with E-state index in [1.54, 1.807) is 50.6 Å². The lowest BCUT2D eigenvalue weighted by Gasteiger charge is -2.20. The third kappa shape index (κ3) is 4.35. The van der Waals surface area contributed by atoms with Crippen LogP contribution in [0.1, 0.15) is 29.8 Å². The Morgan fingerprint density at radius 1 is 0.680 bits per heavy atom. The third-order valence-electron chi connectivity index (χ3n) is 4.05. The molecule has 0 aliphatic carbocycles. The van der Waals surface area contributed by atoms with Crippen LogP contribution >= 0.6 is 0 Å². The van der Waals surface area contributed by atoms with Crippen LogP contribution in [0.2, 0.25) is 0 Å². The molecule has 136 valence electrons. The van der Waals surface area contributed by atoms with Gasteiger partial charge in [-0.1, -0.05) is 0 Å². The fourth-order valence-corrected chi connectivity index (χ4v) is 2.65. The van der Waals surface area contributed by atoms with Crippen LogP contribution in [0.15, 0.2) is 36.4 Å². The van der Waals surface area contributed by atoms with Crippen molar-refractivity contribution in [3.8, 4) is 23.0 Å². The van der Waals surface area contributed by atoms with Gasteiger partial charge in [-0.15, -0.1) is 0 Å². The second-order valence-electron chi connectivity index (χ2n) is 5.48. The average Bonchev–Trinajstić information content (AvgIpc) is 2.66. The monoisotopic (exact) mass is 348 g/mol. The molecule has 2 aromatic rings. The highest BCUT2D eigenvalue weighted by Crippen LogP contribution is 2.37. The number of benzene rings is 2. The molecule has 0 aromatic heterocycles. The lowest BCUT2D eigenvalue weighted by atomic mass is 9.97. The number of aliphatic hydroxyl groups is 2. The van der Waals surface area contributed by atoms with Crippen LogP contribution in [-0.2, 0) is 0 Å². The Balaban J connectivity index is 2.21. The molecule has 6 heteroatoms. The summed E-state index contributed by atoms with van der Waals surface area (Å²) >= 11 is 0.